The summed E-state index contributed by atoms with van der Waals surface area (Å²) in [7, 11) is 0. The minimum absolute atomic E-state index is 0.138. The zero-order chi connectivity index (χ0) is 12.5. The van der Waals surface area contributed by atoms with Crippen LogP contribution in [0.1, 0.15) is 29.3 Å². The zero-order valence-corrected chi connectivity index (χ0v) is 11.1. The maximum absolute atomic E-state index is 13.6. The van der Waals surface area contributed by atoms with E-state index < -0.39 is 0 Å². The van der Waals surface area contributed by atoms with Crippen LogP contribution in [0.15, 0.2) is 35.7 Å². The summed E-state index contributed by atoms with van der Waals surface area (Å²) in [6, 6.07) is 9.96. The van der Waals surface area contributed by atoms with E-state index >= 15 is 0 Å². The van der Waals surface area contributed by atoms with Crippen molar-refractivity contribution >= 4 is 17.0 Å². The van der Waals surface area contributed by atoms with Crippen LogP contribution in [0.4, 0.5) is 10.1 Å². The van der Waals surface area contributed by atoms with Gasteiger partial charge in [0.25, 0.3) is 0 Å². The SMILES string of the molecule is Cc1ccc(NC(c2cccs2)C2CC2)cc1F. The van der Waals surface area contributed by atoms with E-state index in [4.69, 9.17) is 0 Å². The summed E-state index contributed by atoms with van der Waals surface area (Å²) < 4.78 is 13.6. The number of hydrogen-bond acceptors (Lipinski definition) is 2. The predicted molar refractivity (Wildman–Crippen MR) is 74.5 cm³/mol. The fourth-order valence-corrected chi connectivity index (χ4v) is 3.05. The molecule has 1 aliphatic rings. The lowest BCUT2D eigenvalue weighted by molar-refractivity contribution is 0.617. The normalized spacial score (nSPS) is 16.6. The number of rotatable bonds is 4. The van der Waals surface area contributed by atoms with Crippen LogP contribution in [0.5, 0.6) is 0 Å². The third kappa shape index (κ3) is 2.41. The minimum Gasteiger partial charge on any atom is -0.377 e. The van der Waals surface area contributed by atoms with E-state index in [-0.39, 0.29) is 5.82 Å². The van der Waals surface area contributed by atoms with E-state index in [0.717, 1.165) is 5.69 Å². The third-order valence-corrected chi connectivity index (χ3v) is 4.39. The minimum atomic E-state index is -0.138. The van der Waals surface area contributed by atoms with Crippen molar-refractivity contribution in [3.8, 4) is 0 Å². The van der Waals surface area contributed by atoms with Gasteiger partial charge in [-0.15, -0.1) is 11.3 Å². The molecular weight excluding hydrogens is 245 g/mol. The molecule has 3 rings (SSSR count). The smallest absolute Gasteiger partial charge is 0.128 e. The van der Waals surface area contributed by atoms with Gasteiger partial charge >= 0.3 is 0 Å². The second kappa shape index (κ2) is 4.73. The Morgan fingerprint density at radius 1 is 1.33 bits per heavy atom. The Labute approximate surface area is 111 Å². The maximum atomic E-state index is 13.6. The molecule has 1 aromatic carbocycles. The summed E-state index contributed by atoms with van der Waals surface area (Å²) in [4.78, 5) is 1.35. The number of anilines is 1. The molecule has 1 fully saturated rings. The van der Waals surface area contributed by atoms with Crippen molar-refractivity contribution in [2.24, 2.45) is 5.92 Å². The number of thiophene rings is 1. The Balaban J connectivity index is 1.82. The summed E-state index contributed by atoms with van der Waals surface area (Å²) in [6.45, 7) is 1.79. The van der Waals surface area contributed by atoms with Crippen LogP contribution in [0.2, 0.25) is 0 Å². The molecule has 0 bridgehead atoms. The summed E-state index contributed by atoms with van der Waals surface area (Å²) in [5.41, 5.74) is 1.57. The maximum Gasteiger partial charge on any atom is 0.128 e. The molecule has 0 spiro atoms. The number of aryl methyl sites for hydroxylation is 1. The van der Waals surface area contributed by atoms with E-state index in [1.807, 2.05) is 12.1 Å². The predicted octanol–water partition coefficient (Wildman–Crippen LogP) is 4.76. The van der Waals surface area contributed by atoms with Crippen LogP contribution in [-0.4, -0.2) is 0 Å². The lowest BCUT2D eigenvalue weighted by Crippen LogP contribution is -2.11. The molecule has 1 N–H and O–H groups in total. The summed E-state index contributed by atoms with van der Waals surface area (Å²) in [5, 5.41) is 5.58. The Hall–Kier alpha value is -1.35. The first-order valence-electron chi connectivity index (χ1n) is 6.30. The molecule has 0 radical (unpaired) electrons. The van der Waals surface area contributed by atoms with Gasteiger partial charge in [0.05, 0.1) is 6.04 Å². The molecular formula is C15H16FNS. The molecule has 1 aromatic heterocycles. The molecule has 1 nitrogen and oxygen atoms in total. The molecule has 1 unspecified atom stereocenters. The van der Waals surface area contributed by atoms with Crippen molar-refractivity contribution in [2.75, 3.05) is 5.32 Å². The average Bonchev–Trinajstić information content (AvgIpc) is 3.05. The van der Waals surface area contributed by atoms with Crippen LogP contribution >= 0.6 is 11.3 Å². The summed E-state index contributed by atoms with van der Waals surface area (Å²) >= 11 is 1.77. The van der Waals surface area contributed by atoms with Crippen molar-refractivity contribution in [2.45, 2.75) is 25.8 Å². The van der Waals surface area contributed by atoms with Gasteiger partial charge in [-0.05, 0) is 54.8 Å². The quantitative estimate of drug-likeness (QED) is 0.836. The highest BCUT2D eigenvalue weighted by atomic mass is 32.1. The molecule has 1 aliphatic carbocycles. The number of halogens is 1. The second-order valence-electron chi connectivity index (χ2n) is 4.94. The Kier molecular flexibility index (Phi) is 3.08. The molecule has 2 aromatic rings. The van der Waals surface area contributed by atoms with Crippen molar-refractivity contribution in [3.63, 3.8) is 0 Å². The van der Waals surface area contributed by atoms with Crippen LogP contribution in [0, 0.1) is 18.7 Å². The van der Waals surface area contributed by atoms with E-state index in [1.54, 1.807) is 24.3 Å². The highest BCUT2D eigenvalue weighted by molar-refractivity contribution is 7.10. The third-order valence-electron chi connectivity index (χ3n) is 3.44. The molecule has 1 atom stereocenters. The van der Waals surface area contributed by atoms with Gasteiger partial charge in [-0.1, -0.05) is 12.1 Å². The van der Waals surface area contributed by atoms with Gasteiger partial charge in [0.15, 0.2) is 0 Å². The fourth-order valence-electron chi connectivity index (χ4n) is 2.18. The molecule has 1 saturated carbocycles. The van der Waals surface area contributed by atoms with Gasteiger partial charge in [0, 0.05) is 10.6 Å². The van der Waals surface area contributed by atoms with Crippen molar-refractivity contribution in [1.82, 2.24) is 0 Å². The molecule has 3 heteroatoms. The van der Waals surface area contributed by atoms with Crippen LogP contribution in [0.3, 0.4) is 0 Å². The van der Waals surface area contributed by atoms with Crippen LogP contribution in [0.25, 0.3) is 0 Å². The molecule has 94 valence electrons. The van der Waals surface area contributed by atoms with Gasteiger partial charge in [0.1, 0.15) is 5.82 Å². The first kappa shape index (κ1) is 11.7. The van der Waals surface area contributed by atoms with Gasteiger partial charge in [-0.3, -0.25) is 0 Å². The highest BCUT2D eigenvalue weighted by Gasteiger charge is 2.32. The lowest BCUT2D eigenvalue weighted by atomic mass is 10.1. The first-order chi connectivity index (χ1) is 8.74. The Morgan fingerprint density at radius 3 is 2.78 bits per heavy atom. The molecule has 0 saturated heterocycles. The van der Waals surface area contributed by atoms with Crippen LogP contribution in [-0.2, 0) is 0 Å². The summed E-state index contributed by atoms with van der Waals surface area (Å²) in [6.07, 6.45) is 2.54. The standard InChI is InChI=1S/C15H16FNS/c1-10-4-7-12(9-13(10)16)17-15(11-5-6-11)14-3-2-8-18-14/h2-4,7-9,11,15,17H,5-6H2,1H3. The number of benzene rings is 1. The van der Waals surface area contributed by atoms with Gasteiger partial charge in [-0.2, -0.15) is 0 Å². The van der Waals surface area contributed by atoms with Gasteiger partial charge < -0.3 is 5.32 Å². The van der Waals surface area contributed by atoms with Crippen molar-refractivity contribution < 1.29 is 4.39 Å². The molecule has 0 amide bonds. The summed E-state index contributed by atoms with van der Waals surface area (Å²) in [5.74, 6) is 0.564. The van der Waals surface area contributed by atoms with Crippen molar-refractivity contribution in [1.29, 1.82) is 0 Å². The first-order valence-corrected chi connectivity index (χ1v) is 7.18. The average molecular weight is 261 g/mol. The highest BCUT2D eigenvalue weighted by Crippen LogP contribution is 2.44. The van der Waals surface area contributed by atoms with E-state index in [0.29, 0.717) is 17.5 Å². The topological polar surface area (TPSA) is 12.0 Å². The number of hydrogen-bond donors (Lipinski definition) is 1. The molecule has 1 heterocycles. The second-order valence-corrected chi connectivity index (χ2v) is 5.92. The van der Waals surface area contributed by atoms with Gasteiger partial charge in [-0.25, -0.2) is 4.39 Å². The van der Waals surface area contributed by atoms with Crippen LogP contribution < -0.4 is 5.32 Å². The lowest BCUT2D eigenvalue weighted by Gasteiger charge is -2.18. The molecule has 18 heavy (non-hydrogen) atoms. The van der Waals surface area contributed by atoms with E-state index in [2.05, 4.69) is 22.8 Å². The Morgan fingerprint density at radius 2 is 2.17 bits per heavy atom. The largest absolute Gasteiger partial charge is 0.377 e. The number of nitrogens with one attached hydrogen (secondary N) is 1. The molecule has 0 aliphatic heterocycles. The zero-order valence-electron chi connectivity index (χ0n) is 10.3. The fraction of sp³-hybridized carbons (Fsp3) is 0.333. The van der Waals surface area contributed by atoms with Gasteiger partial charge in [0.2, 0.25) is 0 Å². The monoisotopic (exact) mass is 261 g/mol. The van der Waals surface area contributed by atoms with E-state index in [1.165, 1.54) is 17.7 Å². The van der Waals surface area contributed by atoms with Crippen molar-refractivity contribution in [3.05, 3.63) is 52.0 Å². The van der Waals surface area contributed by atoms with E-state index in [9.17, 15) is 4.39 Å². The Bertz CT molecular complexity index is 531.